The molecule has 1 N–H and O–H groups in total. The molecule has 0 spiro atoms. The molecule has 2 aliphatic rings. The van der Waals surface area contributed by atoms with E-state index < -0.39 is 5.54 Å². The average molecular weight is 296 g/mol. The third kappa shape index (κ3) is 3.78. The summed E-state index contributed by atoms with van der Waals surface area (Å²) >= 11 is 0. The standard InChI is InChI=1S/C17H32N2O2/c1-4-11-18-17(16(20)21-3)10-9-15(13-17)19-12-7-5-6-8-14(19)2/h14-15,18H,4-13H2,1-3H3. The van der Waals surface area contributed by atoms with Crippen molar-refractivity contribution in [2.45, 2.75) is 82.8 Å². The maximum Gasteiger partial charge on any atom is 0.326 e. The zero-order valence-corrected chi connectivity index (χ0v) is 14.0. The first-order chi connectivity index (χ1) is 10.1. The highest BCUT2D eigenvalue weighted by atomic mass is 16.5. The van der Waals surface area contributed by atoms with Gasteiger partial charge in [-0.05, 0) is 58.5 Å². The third-order valence-electron chi connectivity index (χ3n) is 5.35. The molecule has 1 heterocycles. The van der Waals surface area contributed by atoms with Gasteiger partial charge in [-0.25, -0.2) is 0 Å². The van der Waals surface area contributed by atoms with Crippen LogP contribution in [-0.4, -0.2) is 48.7 Å². The first-order valence-corrected chi connectivity index (χ1v) is 8.72. The van der Waals surface area contributed by atoms with E-state index in [1.54, 1.807) is 0 Å². The van der Waals surface area contributed by atoms with Crippen LogP contribution in [0.2, 0.25) is 0 Å². The zero-order valence-electron chi connectivity index (χ0n) is 14.0. The van der Waals surface area contributed by atoms with Crippen molar-refractivity contribution in [3.63, 3.8) is 0 Å². The summed E-state index contributed by atoms with van der Waals surface area (Å²) in [7, 11) is 1.51. The molecule has 2 rings (SSSR count). The minimum absolute atomic E-state index is 0.0686. The summed E-state index contributed by atoms with van der Waals surface area (Å²) in [5.41, 5.74) is -0.443. The Morgan fingerprint density at radius 3 is 2.86 bits per heavy atom. The van der Waals surface area contributed by atoms with E-state index in [2.05, 4.69) is 24.1 Å². The van der Waals surface area contributed by atoms with Gasteiger partial charge in [-0.2, -0.15) is 0 Å². The second-order valence-electron chi connectivity index (χ2n) is 6.83. The van der Waals surface area contributed by atoms with Gasteiger partial charge in [-0.1, -0.05) is 19.8 Å². The van der Waals surface area contributed by atoms with Crippen LogP contribution in [-0.2, 0) is 9.53 Å². The second-order valence-corrected chi connectivity index (χ2v) is 6.83. The Bertz CT molecular complexity index is 348. The highest BCUT2D eigenvalue weighted by molar-refractivity contribution is 5.81. The summed E-state index contributed by atoms with van der Waals surface area (Å²) < 4.78 is 5.10. The van der Waals surface area contributed by atoms with Crippen LogP contribution in [0.25, 0.3) is 0 Å². The fourth-order valence-electron chi connectivity index (χ4n) is 4.12. The van der Waals surface area contributed by atoms with Gasteiger partial charge in [0.1, 0.15) is 5.54 Å². The van der Waals surface area contributed by atoms with Crippen molar-refractivity contribution in [2.24, 2.45) is 0 Å². The van der Waals surface area contributed by atoms with Crippen molar-refractivity contribution in [3.8, 4) is 0 Å². The predicted molar refractivity (Wildman–Crippen MR) is 85.3 cm³/mol. The van der Waals surface area contributed by atoms with Crippen molar-refractivity contribution < 1.29 is 9.53 Å². The minimum atomic E-state index is -0.443. The Balaban J connectivity index is 2.05. The molecule has 21 heavy (non-hydrogen) atoms. The lowest BCUT2D eigenvalue weighted by molar-refractivity contribution is -0.148. The number of nitrogens with one attached hydrogen (secondary N) is 1. The summed E-state index contributed by atoms with van der Waals surface area (Å²) in [6, 6.07) is 1.18. The minimum Gasteiger partial charge on any atom is -0.468 e. The molecule has 122 valence electrons. The Hall–Kier alpha value is -0.610. The molecule has 2 fully saturated rings. The van der Waals surface area contributed by atoms with Gasteiger partial charge < -0.3 is 10.1 Å². The van der Waals surface area contributed by atoms with Crippen LogP contribution in [0.4, 0.5) is 0 Å². The maximum atomic E-state index is 12.3. The number of nitrogens with zero attached hydrogens (tertiary/aromatic N) is 1. The van der Waals surface area contributed by atoms with Crippen molar-refractivity contribution in [2.75, 3.05) is 20.2 Å². The van der Waals surface area contributed by atoms with E-state index in [4.69, 9.17) is 4.74 Å². The molecular formula is C17H32N2O2. The van der Waals surface area contributed by atoms with Crippen LogP contribution in [0, 0.1) is 0 Å². The van der Waals surface area contributed by atoms with Gasteiger partial charge >= 0.3 is 5.97 Å². The quantitative estimate of drug-likeness (QED) is 0.792. The number of rotatable bonds is 5. The number of carbonyl (C=O) groups excluding carboxylic acids is 1. The molecule has 4 heteroatoms. The Kier molecular flexibility index (Phi) is 6.06. The van der Waals surface area contributed by atoms with E-state index in [0.717, 1.165) is 32.2 Å². The van der Waals surface area contributed by atoms with Crippen LogP contribution in [0.1, 0.15) is 65.2 Å². The lowest BCUT2D eigenvalue weighted by Gasteiger charge is -2.34. The molecule has 0 amide bonds. The molecule has 3 atom stereocenters. The number of hydrogen-bond acceptors (Lipinski definition) is 4. The molecular weight excluding hydrogens is 264 g/mol. The molecule has 0 aromatic heterocycles. The van der Waals surface area contributed by atoms with E-state index in [9.17, 15) is 4.79 Å². The van der Waals surface area contributed by atoms with Gasteiger partial charge in [0.25, 0.3) is 0 Å². The highest BCUT2D eigenvalue weighted by Crippen LogP contribution is 2.36. The van der Waals surface area contributed by atoms with Crippen LogP contribution >= 0.6 is 0 Å². The van der Waals surface area contributed by atoms with E-state index in [0.29, 0.717) is 12.1 Å². The average Bonchev–Trinajstić information content (AvgIpc) is 2.81. The summed E-state index contributed by atoms with van der Waals surface area (Å²) in [6.45, 7) is 6.57. The topological polar surface area (TPSA) is 41.6 Å². The number of hydrogen-bond donors (Lipinski definition) is 1. The molecule has 4 nitrogen and oxygen atoms in total. The van der Waals surface area contributed by atoms with Gasteiger partial charge in [0, 0.05) is 12.1 Å². The van der Waals surface area contributed by atoms with Crippen LogP contribution in [0.3, 0.4) is 0 Å². The Morgan fingerprint density at radius 1 is 1.33 bits per heavy atom. The SMILES string of the molecule is CCCNC1(C(=O)OC)CCC(N2CCCCCC2C)C1. The van der Waals surface area contributed by atoms with Gasteiger partial charge in [0.2, 0.25) is 0 Å². The zero-order chi connectivity index (χ0) is 15.3. The Morgan fingerprint density at radius 2 is 2.14 bits per heavy atom. The second kappa shape index (κ2) is 7.59. The van der Waals surface area contributed by atoms with Crippen LogP contribution in [0.15, 0.2) is 0 Å². The van der Waals surface area contributed by atoms with Crippen molar-refractivity contribution in [1.82, 2.24) is 10.2 Å². The molecule has 1 aliphatic carbocycles. The van der Waals surface area contributed by atoms with Crippen molar-refractivity contribution in [3.05, 3.63) is 0 Å². The molecule has 3 unspecified atom stereocenters. The summed E-state index contributed by atoms with van der Waals surface area (Å²) in [4.78, 5) is 15.0. The van der Waals surface area contributed by atoms with E-state index in [-0.39, 0.29) is 5.97 Å². The molecule has 1 saturated carbocycles. The largest absolute Gasteiger partial charge is 0.468 e. The molecule has 1 saturated heterocycles. The van der Waals surface area contributed by atoms with Crippen molar-refractivity contribution in [1.29, 1.82) is 0 Å². The van der Waals surface area contributed by atoms with Gasteiger partial charge in [-0.15, -0.1) is 0 Å². The number of likely N-dealkylation sites (tertiary alicyclic amines) is 1. The fraction of sp³-hybridized carbons (Fsp3) is 0.941. The van der Waals surface area contributed by atoms with Crippen molar-refractivity contribution >= 4 is 5.97 Å². The highest BCUT2D eigenvalue weighted by Gasteiger charge is 2.47. The summed E-state index contributed by atoms with van der Waals surface area (Å²) in [5, 5.41) is 3.49. The maximum absolute atomic E-state index is 12.3. The van der Waals surface area contributed by atoms with E-state index >= 15 is 0 Å². The fourth-order valence-corrected chi connectivity index (χ4v) is 4.12. The molecule has 1 aliphatic heterocycles. The molecule has 0 aromatic carbocycles. The first-order valence-electron chi connectivity index (χ1n) is 8.72. The number of ether oxygens (including phenoxy) is 1. The number of methoxy groups -OCH3 is 1. The predicted octanol–water partition coefficient (Wildman–Crippen LogP) is 2.71. The summed E-state index contributed by atoms with van der Waals surface area (Å²) in [5.74, 6) is -0.0686. The van der Waals surface area contributed by atoms with Crippen LogP contribution < -0.4 is 5.32 Å². The molecule has 0 aromatic rings. The van der Waals surface area contributed by atoms with Gasteiger partial charge in [0.15, 0.2) is 0 Å². The van der Waals surface area contributed by atoms with E-state index in [1.807, 2.05) is 0 Å². The smallest absolute Gasteiger partial charge is 0.326 e. The molecule has 0 bridgehead atoms. The molecule has 0 radical (unpaired) electrons. The number of carbonyl (C=O) groups is 1. The van der Waals surface area contributed by atoms with Gasteiger partial charge in [0.05, 0.1) is 7.11 Å². The first kappa shape index (κ1) is 16.8. The lowest BCUT2D eigenvalue weighted by atomic mass is 9.96. The Labute approximate surface area is 129 Å². The third-order valence-corrected chi connectivity index (χ3v) is 5.35. The summed E-state index contributed by atoms with van der Waals surface area (Å²) in [6.07, 6.45) is 9.26. The van der Waals surface area contributed by atoms with Gasteiger partial charge in [-0.3, -0.25) is 9.69 Å². The van der Waals surface area contributed by atoms with E-state index in [1.165, 1.54) is 39.3 Å². The normalized spacial score (nSPS) is 34.6. The lowest BCUT2D eigenvalue weighted by Crippen LogP contribution is -2.52. The van der Waals surface area contributed by atoms with Crippen LogP contribution in [0.5, 0.6) is 0 Å². The number of esters is 1. The monoisotopic (exact) mass is 296 g/mol.